The molecule has 0 radical (unpaired) electrons. The van der Waals surface area contributed by atoms with Gasteiger partial charge in [-0.25, -0.2) is 10.3 Å². The van der Waals surface area contributed by atoms with Crippen LogP contribution in [0.5, 0.6) is 23.0 Å². The van der Waals surface area contributed by atoms with Crippen molar-refractivity contribution in [1.29, 1.82) is 0 Å². The van der Waals surface area contributed by atoms with Gasteiger partial charge >= 0.3 is 0 Å². The van der Waals surface area contributed by atoms with Gasteiger partial charge in [0.25, 0.3) is 11.8 Å². The minimum absolute atomic E-state index is 0.348. The number of imide groups is 1. The number of hydrogen-bond acceptors (Lipinski definition) is 8. The van der Waals surface area contributed by atoms with E-state index in [2.05, 4.69) is 21.4 Å². The molecule has 0 spiro atoms. The molecule has 11 heteroatoms. The first-order valence-electron chi connectivity index (χ1n) is 12.6. The lowest BCUT2D eigenvalue weighted by Gasteiger charge is -2.26. The Morgan fingerprint density at radius 1 is 0.900 bits per heavy atom. The molecule has 3 aromatic carbocycles. The first-order valence-corrected chi connectivity index (χ1v) is 13.4. The van der Waals surface area contributed by atoms with E-state index in [1.54, 1.807) is 60.7 Å². The van der Waals surface area contributed by atoms with Crippen molar-refractivity contribution in [3.05, 3.63) is 76.3 Å². The van der Waals surface area contributed by atoms with E-state index >= 15 is 0 Å². The normalized spacial score (nSPS) is 20.0. The number of hydrogen-bond donors (Lipinski definition) is 1. The molecule has 3 amide bonds. The largest absolute Gasteiger partial charge is 0.496 e. The second kappa shape index (κ2) is 11.2. The van der Waals surface area contributed by atoms with Gasteiger partial charge in [-0.1, -0.05) is 22.0 Å². The summed E-state index contributed by atoms with van der Waals surface area (Å²) in [6.45, 7) is 2.35. The fourth-order valence-corrected chi connectivity index (χ4v) is 5.60. The van der Waals surface area contributed by atoms with Gasteiger partial charge in [0.05, 0.1) is 45.6 Å². The zero-order valence-electron chi connectivity index (χ0n) is 22.3. The molecule has 3 aromatic rings. The monoisotopic (exact) mass is 609 g/mol. The van der Waals surface area contributed by atoms with Crippen LogP contribution in [0.25, 0.3) is 0 Å². The molecule has 10 nitrogen and oxygen atoms in total. The van der Waals surface area contributed by atoms with Crippen LogP contribution in [0.1, 0.15) is 28.9 Å². The third-order valence-electron chi connectivity index (χ3n) is 7.00. The molecule has 2 saturated heterocycles. The number of rotatable bonds is 8. The standard InChI is InChI=1S/C29H28BrN3O7/c1-5-40-19-11-9-18(10-12-19)32-28(35)24-25(20-14-22(38-3)23(39-4)15-21(20)37-2)31-33(26(24)29(32)36)27(34)16-7-6-8-17(30)13-16/h6-15,24-26,31H,5H2,1-4H3/t24-,25-,26-/m1/s1. The fraction of sp³-hybridized carbons (Fsp3) is 0.276. The van der Waals surface area contributed by atoms with Crippen LogP contribution >= 0.6 is 15.9 Å². The Morgan fingerprint density at radius 2 is 1.57 bits per heavy atom. The lowest BCUT2D eigenvalue weighted by Crippen LogP contribution is -2.48. The van der Waals surface area contributed by atoms with Crippen LogP contribution in [-0.2, 0) is 9.59 Å². The number of nitrogens with zero attached hydrogens (tertiary/aromatic N) is 2. The van der Waals surface area contributed by atoms with Gasteiger partial charge in [-0.05, 0) is 55.5 Å². The zero-order valence-corrected chi connectivity index (χ0v) is 23.9. The van der Waals surface area contributed by atoms with Gasteiger partial charge in [0.2, 0.25) is 5.91 Å². The Bertz CT molecular complexity index is 1460. The molecule has 0 unspecified atom stereocenters. The maximum atomic E-state index is 14.0. The van der Waals surface area contributed by atoms with E-state index in [0.717, 1.165) is 4.90 Å². The van der Waals surface area contributed by atoms with Crippen molar-refractivity contribution in [3.8, 4) is 23.0 Å². The number of nitrogens with one attached hydrogen (secondary N) is 1. The zero-order chi connectivity index (χ0) is 28.6. The molecule has 0 aliphatic carbocycles. The van der Waals surface area contributed by atoms with E-state index in [1.165, 1.54) is 26.3 Å². The molecule has 0 bridgehead atoms. The third kappa shape index (κ3) is 4.65. The number of carbonyl (C=O) groups excluding carboxylic acids is 3. The van der Waals surface area contributed by atoms with Gasteiger partial charge in [-0.2, -0.15) is 0 Å². The maximum absolute atomic E-state index is 14.0. The lowest BCUT2D eigenvalue weighted by molar-refractivity contribution is -0.123. The first-order chi connectivity index (χ1) is 19.3. The SMILES string of the molecule is CCOc1ccc(N2C(=O)[C@@H]3[C@@H](c4cc(OC)c(OC)cc4OC)NN(C(=O)c4cccc(Br)c4)[C@H]3C2=O)cc1. The quantitative estimate of drug-likeness (QED) is 0.380. The van der Waals surface area contributed by atoms with E-state index in [9.17, 15) is 14.4 Å². The number of fused-ring (bicyclic) bond motifs is 1. The summed E-state index contributed by atoms with van der Waals surface area (Å²) in [7, 11) is 4.50. The highest BCUT2D eigenvalue weighted by Crippen LogP contribution is 2.47. The number of amides is 3. The van der Waals surface area contributed by atoms with E-state index < -0.39 is 35.7 Å². The van der Waals surface area contributed by atoms with Crippen molar-refractivity contribution >= 4 is 39.3 Å². The number of anilines is 1. The van der Waals surface area contributed by atoms with Crippen molar-refractivity contribution in [2.45, 2.75) is 19.0 Å². The number of hydrazine groups is 1. The van der Waals surface area contributed by atoms with Crippen LogP contribution in [0.3, 0.4) is 0 Å². The average Bonchev–Trinajstić information content (AvgIpc) is 3.48. The molecular formula is C29H28BrN3O7. The van der Waals surface area contributed by atoms with E-state index in [1.807, 2.05) is 6.92 Å². The Morgan fingerprint density at radius 3 is 2.20 bits per heavy atom. The summed E-state index contributed by atoms with van der Waals surface area (Å²) in [6, 6.07) is 15.0. The first kappa shape index (κ1) is 27.5. The van der Waals surface area contributed by atoms with Crippen molar-refractivity contribution in [2.75, 3.05) is 32.8 Å². The molecule has 2 aliphatic rings. The summed E-state index contributed by atoms with van der Waals surface area (Å²) >= 11 is 3.40. The number of methoxy groups -OCH3 is 3. The van der Waals surface area contributed by atoms with Gasteiger partial charge in [0, 0.05) is 21.7 Å². The van der Waals surface area contributed by atoms with Crippen molar-refractivity contribution < 1.29 is 33.3 Å². The van der Waals surface area contributed by atoms with Crippen LogP contribution in [0.15, 0.2) is 65.1 Å². The molecule has 208 valence electrons. The highest BCUT2D eigenvalue weighted by Gasteiger charge is 2.61. The van der Waals surface area contributed by atoms with Crippen molar-refractivity contribution in [2.24, 2.45) is 5.92 Å². The smallest absolute Gasteiger partial charge is 0.268 e. The minimum Gasteiger partial charge on any atom is -0.496 e. The Kier molecular flexibility index (Phi) is 7.68. The molecule has 0 aromatic heterocycles. The number of ether oxygens (including phenoxy) is 4. The molecular weight excluding hydrogens is 582 g/mol. The molecule has 0 saturated carbocycles. The molecule has 2 heterocycles. The Balaban J connectivity index is 1.61. The van der Waals surface area contributed by atoms with Crippen molar-refractivity contribution in [1.82, 2.24) is 10.4 Å². The summed E-state index contributed by atoms with van der Waals surface area (Å²) in [5.74, 6) is -0.486. The number of benzene rings is 3. The second-order valence-corrected chi connectivity index (χ2v) is 10.1. The molecule has 2 aliphatic heterocycles. The summed E-state index contributed by atoms with van der Waals surface area (Å²) in [6.07, 6.45) is 0. The molecule has 3 atom stereocenters. The lowest BCUT2D eigenvalue weighted by atomic mass is 9.90. The summed E-state index contributed by atoms with van der Waals surface area (Å²) in [5.41, 5.74) is 4.43. The topological polar surface area (TPSA) is 107 Å². The fourth-order valence-electron chi connectivity index (χ4n) is 5.20. The van der Waals surface area contributed by atoms with Crippen LogP contribution < -0.4 is 29.3 Å². The van der Waals surface area contributed by atoms with Gasteiger partial charge in [0.1, 0.15) is 17.5 Å². The number of carbonyl (C=O) groups is 3. The van der Waals surface area contributed by atoms with Gasteiger partial charge in [-0.3, -0.25) is 19.4 Å². The predicted octanol–water partition coefficient (Wildman–Crippen LogP) is 4.13. The van der Waals surface area contributed by atoms with Crippen molar-refractivity contribution in [3.63, 3.8) is 0 Å². The second-order valence-electron chi connectivity index (χ2n) is 9.15. The molecule has 5 rings (SSSR count). The third-order valence-corrected chi connectivity index (χ3v) is 7.50. The minimum atomic E-state index is -1.10. The van der Waals surface area contributed by atoms with Crippen LogP contribution in [0.4, 0.5) is 5.69 Å². The highest BCUT2D eigenvalue weighted by molar-refractivity contribution is 9.10. The van der Waals surface area contributed by atoms with E-state index in [0.29, 0.717) is 50.9 Å². The molecule has 2 fully saturated rings. The van der Waals surface area contributed by atoms with Gasteiger partial charge in [-0.15, -0.1) is 0 Å². The average molecular weight is 610 g/mol. The Hall–Kier alpha value is -4.09. The van der Waals surface area contributed by atoms with Crippen LogP contribution in [0, 0.1) is 5.92 Å². The molecule has 1 N–H and O–H groups in total. The van der Waals surface area contributed by atoms with Gasteiger partial charge < -0.3 is 18.9 Å². The van der Waals surface area contributed by atoms with Gasteiger partial charge in [0.15, 0.2) is 11.5 Å². The number of halogens is 1. The summed E-state index contributed by atoms with van der Waals surface area (Å²) in [4.78, 5) is 42.9. The van der Waals surface area contributed by atoms with Crippen LogP contribution in [0.2, 0.25) is 0 Å². The highest BCUT2D eigenvalue weighted by atomic mass is 79.9. The summed E-state index contributed by atoms with van der Waals surface area (Å²) in [5, 5.41) is 1.25. The Labute approximate surface area is 239 Å². The molecule has 40 heavy (non-hydrogen) atoms. The summed E-state index contributed by atoms with van der Waals surface area (Å²) < 4.78 is 22.8. The van der Waals surface area contributed by atoms with Crippen LogP contribution in [-0.4, -0.2) is 56.7 Å². The van der Waals surface area contributed by atoms with E-state index in [-0.39, 0.29) is 0 Å². The predicted molar refractivity (Wildman–Crippen MR) is 150 cm³/mol. The van der Waals surface area contributed by atoms with E-state index in [4.69, 9.17) is 18.9 Å². The maximum Gasteiger partial charge on any atom is 0.268 e.